The van der Waals surface area contributed by atoms with E-state index < -0.39 is 0 Å². The van der Waals surface area contributed by atoms with Crippen LogP contribution in [0.5, 0.6) is 0 Å². The molecule has 0 heterocycles. The Morgan fingerprint density at radius 1 is 1.00 bits per heavy atom. The molecule has 0 aromatic carbocycles. The predicted molar refractivity (Wildman–Crippen MR) is 128 cm³/mol. The Balaban J connectivity index is 1.52. The van der Waals surface area contributed by atoms with E-state index in [9.17, 15) is 5.11 Å². The van der Waals surface area contributed by atoms with Crippen LogP contribution in [0.15, 0.2) is 23.8 Å². The van der Waals surface area contributed by atoms with Gasteiger partial charge in [0.2, 0.25) is 0 Å². The molecule has 0 aliphatic heterocycles. The summed E-state index contributed by atoms with van der Waals surface area (Å²) >= 11 is 0. The zero-order valence-corrected chi connectivity index (χ0v) is 20.7. The first kappa shape index (κ1) is 22.6. The van der Waals surface area contributed by atoms with Gasteiger partial charge < -0.3 is 5.11 Å². The normalized spacial score (nSPS) is 45.6. The summed E-state index contributed by atoms with van der Waals surface area (Å²) < 4.78 is 0. The maximum absolute atomic E-state index is 10.2. The Bertz CT molecular complexity index is 674. The van der Waals surface area contributed by atoms with Gasteiger partial charge in [-0.25, -0.2) is 0 Å². The highest BCUT2D eigenvalue weighted by atomic mass is 16.3. The molecular weight excluding hydrogens is 364 g/mol. The molecule has 0 amide bonds. The molecule has 3 saturated carbocycles. The zero-order chi connectivity index (χ0) is 21.7. The largest absolute Gasteiger partial charge is 0.389 e. The Morgan fingerprint density at radius 3 is 2.47 bits per heavy atom. The summed E-state index contributed by atoms with van der Waals surface area (Å²) in [6, 6.07) is 0. The van der Waals surface area contributed by atoms with Crippen LogP contribution in [0.25, 0.3) is 0 Å². The monoisotopic (exact) mass is 412 g/mol. The van der Waals surface area contributed by atoms with Gasteiger partial charge in [0.05, 0.1) is 6.10 Å². The molecule has 1 nitrogen and oxygen atoms in total. The minimum absolute atomic E-state index is 0.181. The molecule has 0 radical (unpaired) electrons. The molecule has 1 heteroatoms. The summed E-state index contributed by atoms with van der Waals surface area (Å²) in [5, 5.41) is 10.2. The fourth-order valence-corrected chi connectivity index (χ4v) is 8.90. The van der Waals surface area contributed by atoms with Crippen LogP contribution in [0.4, 0.5) is 0 Å². The van der Waals surface area contributed by atoms with Crippen molar-refractivity contribution in [3.8, 4) is 0 Å². The number of aliphatic hydroxyl groups excluding tert-OH is 1. The SMILES string of the molecule is CC[C@@H](/C=C/[C@@H](C)[C@H]1CC[C@H]2[C@@H]3CCC4=C[C@@H](O)CC[C@]4(C)[C@H]3CC[C@]12C)C(C)C. The van der Waals surface area contributed by atoms with Crippen molar-refractivity contribution in [2.75, 3.05) is 0 Å². The molecule has 0 bridgehead atoms. The first-order valence-corrected chi connectivity index (χ1v) is 13.3. The van der Waals surface area contributed by atoms with Crippen molar-refractivity contribution >= 4 is 0 Å². The lowest BCUT2D eigenvalue weighted by molar-refractivity contribution is -0.0595. The summed E-state index contributed by atoms with van der Waals surface area (Å²) in [6.45, 7) is 14.8. The van der Waals surface area contributed by atoms with E-state index in [-0.39, 0.29) is 6.10 Å². The summed E-state index contributed by atoms with van der Waals surface area (Å²) in [6.07, 6.45) is 19.0. The second kappa shape index (κ2) is 8.42. The van der Waals surface area contributed by atoms with Crippen LogP contribution in [-0.4, -0.2) is 11.2 Å². The van der Waals surface area contributed by atoms with Crippen LogP contribution in [0.1, 0.15) is 99.3 Å². The number of aliphatic hydroxyl groups is 1. The number of rotatable bonds is 5. The number of allylic oxidation sites excluding steroid dienone is 3. The molecule has 30 heavy (non-hydrogen) atoms. The molecule has 4 aliphatic carbocycles. The summed E-state index contributed by atoms with van der Waals surface area (Å²) in [4.78, 5) is 0. The third-order valence-electron chi connectivity index (χ3n) is 10.8. The van der Waals surface area contributed by atoms with Crippen molar-refractivity contribution in [2.24, 2.45) is 52.3 Å². The predicted octanol–water partition coefficient (Wildman–Crippen LogP) is 7.80. The van der Waals surface area contributed by atoms with Crippen LogP contribution in [0.2, 0.25) is 0 Å². The lowest BCUT2D eigenvalue weighted by atomic mass is 9.46. The maximum atomic E-state index is 10.2. The first-order valence-electron chi connectivity index (χ1n) is 13.3. The van der Waals surface area contributed by atoms with Gasteiger partial charge in [-0.15, -0.1) is 0 Å². The Kier molecular flexibility index (Phi) is 6.35. The van der Waals surface area contributed by atoms with Gasteiger partial charge in [0.25, 0.3) is 0 Å². The van der Waals surface area contributed by atoms with Gasteiger partial charge >= 0.3 is 0 Å². The third-order valence-corrected chi connectivity index (χ3v) is 10.8. The van der Waals surface area contributed by atoms with Crippen LogP contribution < -0.4 is 0 Å². The molecule has 0 saturated heterocycles. The number of hydrogen-bond donors (Lipinski definition) is 1. The van der Waals surface area contributed by atoms with E-state index in [1.165, 1.54) is 51.4 Å². The molecule has 1 N–H and O–H groups in total. The van der Waals surface area contributed by atoms with Crippen molar-refractivity contribution in [3.05, 3.63) is 23.8 Å². The van der Waals surface area contributed by atoms with Crippen molar-refractivity contribution in [1.82, 2.24) is 0 Å². The van der Waals surface area contributed by atoms with E-state index in [1.54, 1.807) is 5.57 Å². The van der Waals surface area contributed by atoms with Crippen molar-refractivity contribution < 1.29 is 5.11 Å². The zero-order valence-electron chi connectivity index (χ0n) is 20.7. The van der Waals surface area contributed by atoms with Gasteiger partial charge in [-0.1, -0.05) is 65.3 Å². The van der Waals surface area contributed by atoms with Gasteiger partial charge in [0, 0.05) is 0 Å². The van der Waals surface area contributed by atoms with E-state index in [0.29, 0.717) is 16.7 Å². The molecule has 9 atom stereocenters. The van der Waals surface area contributed by atoms with E-state index >= 15 is 0 Å². The van der Waals surface area contributed by atoms with E-state index in [2.05, 4.69) is 59.8 Å². The lowest BCUT2D eigenvalue weighted by Gasteiger charge is -2.59. The standard InChI is InChI=1S/C29H48O/c1-7-21(19(2)3)9-8-20(4)25-12-13-26-24-11-10-22-18-23(30)14-16-28(22,5)27(24)15-17-29(25,26)6/h8-9,18-21,23-27,30H,7,10-17H2,1-6H3/b9-8+/t20-,21+,23+,24+,25-,26+,27+,28+,29-/m1/s1. The Labute approximate surface area is 186 Å². The fraction of sp³-hybridized carbons (Fsp3) is 0.862. The van der Waals surface area contributed by atoms with Crippen LogP contribution >= 0.6 is 0 Å². The van der Waals surface area contributed by atoms with Crippen LogP contribution in [-0.2, 0) is 0 Å². The van der Waals surface area contributed by atoms with Crippen LogP contribution in [0.3, 0.4) is 0 Å². The van der Waals surface area contributed by atoms with E-state index in [0.717, 1.165) is 41.9 Å². The highest BCUT2D eigenvalue weighted by Crippen LogP contribution is 2.67. The van der Waals surface area contributed by atoms with Crippen molar-refractivity contribution in [2.45, 2.75) is 105 Å². The van der Waals surface area contributed by atoms with Gasteiger partial charge in [-0.2, -0.15) is 0 Å². The molecule has 0 unspecified atom stereocenters. The molecule has 0 aromatic heterocycles. The number of fused-ring (bicyclic) bond motifs is 5. The fourth-order valence-electron chi connectivity index (χ4n) is 8.90. The maximum Gasteiger partial charge on any atom is 0.0724 e. The topological polar surface area (TPSA) is 20.2 Å². The molecule has 4 rings (SSSR count). The summed E-state index contributed by atoms with van der Waals surface area (Å²) in [7, 11) is 0. The highest BCUT2D eigenvalue weighted by molar-refractivity contribution is 5.25. The first-order chi connectivity index (χ1) is 14.2. The summed E-state index contributed by atoms with van der Waals surface area (Å²) in [5.74, 6) is 5.76. The average Bonchev–Trinajstić information content (AvgIpc) is 3.06. The van der Waals surface area contributed by atoms with Gasteiger partial charge in [0.1, 0.15) is 0 Å². The average molecular weight is 413 g/mol. The third kappa shape index (κ3) is 3.66. The van der Waals surface area contributed by atoms with Gasteiger partial charge in [0.15, 0.2) is 0 Å². The minimum atomic E-state index is -0.181. The quantitative estimate of drug-likeness (QED) is 0.457. The molecule has 0 aromatic rings. The van der Waals surface area contributed by atoms with Crippen molar-refractivity contribution in [3.63, 3.8) is 0 Å². The molecular formula is C29H48O. The number of hydrogen-bond acceptors (Lipinski definition) is 1. The highest BCUT2D eigenvalue weighted by Gasteiger charge is 2.59. The van der Waals surface area contributed by atoms with E-state index in [4.69, 9.17) is 0 Å². The van der Waals surface area contributed by atoms with Gasteiger partial charge in [-0.05, 0) is 110 Å². The molecule has 3 fully saturated rings. The van der Waals surface area contributed by atoms with Crippen molar-refractivity contribution in [1.29, 1.82) is 0 Å². The Morgan fingerprint density at radius 2 is 1.77 bits per heavy atom. The molecule has 170 valence electrons. The second-order valence-corrected chi connectivity index (χ2v) is 12.4. The Hall–Kier alpha value is -0.560. The molecule has 0 spiro atoms. The second-order valence-electron chi connectivity index (χ2n) is 12.4. The van der Waals surface area contributed by atoms with Crippen LogP contribution in [0, 0.1) is 52.3 Å². The smallest absolute Gasteiger partial charge is 0.0724 e. The minimum Gasteiger partial charge on any atom is -0.389 e. The van der Waals surface area contributed by atoms with E-state index in [1.807, 2.05) is 0 Å². The van der Waals surface area contributed by atoms with Gasteiger partial charge in [-0.3, -0.25) is 0 Å². The molecule has 4 aliphatic rings. The summed E-state index contributed by atoms with van der Waals surface area (Å²) in [5.41, 5.74) is 2.52. The lowest BCUT2D eigenvalue weighted by Crippen LogP contribution is -2.51.